The van der Waals surface area contributed by atoms with Gasteiger partial charge in [0.15, 0.2) is 0 Å². The molecule has 1 heterocycles. The van der Waals surface area contributed by atoms with Crippen molar-refractivity contribution in [1.29, 1.82) is 0 Å². The van der Waals surface area contributed by atoms with Crippen LogP contribution >= 0.6 is 38.5 Å². The molecular weight excluding hydrogens is 405 g/mol. The van der Waals surface area contributed by atoms with E-state index >= 15 is 0 Å². The summed E-state index contributed by atoms with van der Waals surface area (Å²) < 4.78 is 1.04. The van der Waals surface area contributed by atoms with Crippen LogP contribution in [0.5, 0.6) is 0 Å². The van der Waals surface area contributed by atoms with E-state index in [2.05, 4.69) is 43.4 Å². The normalized spacial score (nSPS) is 20.6. The summed E-state index contributed by atoms with van der Waals surface area (Å²) in [4.78, 5) is 14.7. The van der Waals surface area contributed by atoms with Crippen molar-refractivity contribution in [3.8, 4) is 0 Å². The van der Waals surface area contributed by atoms with Gasteiger partial charge in [-0.25, -0.2) is 0 Å². The highest BCUT2D eigenvalue weighted by Gasteiger charge is 2.26. The number of rotatable bonds is 2. The van der Waals surface area contributed by atoms with Gasteiger partial charge in [0.1, 0.15) is 0 Å². The summed E-state index contributed by atoms with van der Waals surface area (Å²) in [6, 6.07) is 8.19. The lowest BCUT2D eigenvalue weighted by atomic mass is 10.1. The van der Waals surface area contributed by atoms with Gasteiger partial charge >= 0.3 is 0 Å². The average Bonchev–Trinajstić information content (AvgIpc) is 2.63. The molecule has 2 nitrogen and oxygen atoms in total. The van der Waals surface area contributed by atoms with E-state index in [0.29, 0.717) is 6.04 Å². The standard InChI is InChI=1S/C14H17BrINO/c15-10-11-6-2-1-5-9-17(11)14(18)12-7-3-4-8-13(12)16/h3-4,7-8,11H,1-2,5-6,9-10H2. The monoisotopic (exact) mass is 421 g/mol. The van der Waals surface area contributed by atoms with Gasteiger partial charge in [0.2, 0.25) is 0 Å². The number of benzene rings is 1. The minimum Gasteiger partial charge on any atom is -0.335 e. The molecule has 0 N–H and O–H groups in total. The second kappa shape index (κ2) is 6.89. The topological polar surface area (TPSA) is 20.3 Å². The fourth-order valence-electron chi connectivity index (χ4n) is 2.39. The molecule has 1 amide bonds. The average molecular weight is 422 g/mol. The lowest BCUT2D eigenvalue weighted by Gasteiger charge is -2.29. The molecular formula is C14H17BrINO. The van der Waals surface area contributed by atoms with Gasteiger partial charge in [0.05, 0.1) is 5.56 Å². The Labute approximate surface area is 130 Å². The van der Waals surface area contributed by atoms with Crippen molar-refractivity contribution in [1.82, 2.24) is 4.90 Å². The number of alkyl halides is 1. The fraction of sp³-hybridized carbons (Fsp3) is 0.500. The number of hydrogen-bond donors (Lipinski definition) is 0. The summed E-state index contributed by atoms with van der Waals surface area (Å²) in [6.07, 6.45) is 4.70. The number of halogens is 2. The largest absolute Gasteiger partial charge is 0.335 e. The van der Waals surface area contributed by atoms with Crippen LogP contribution in [0.3, 0.4) is 0 Å². The maximum Gasteiger partial charge on any atom is 0.255 e. The predicted octanol–water partition coefficient (Wildman–Crippen LogP) is 4.07. The Hall–Kier alpha value is -0.100. The summed E-state index contributed by atoms with van der Waals surface area (Å²) in [7, 11) is 0. The van der Waals surface area contributed by atoms with Crippen LogP contribution in [0, 0.1) is 3.57 Å². The van der Waals surface area contributed by atoms with E-state index in [-0.39, 0.29) is 5.91 Å². The second-order valence-corrected chi connectivity index (χ2v) is 6.45. The van der Waals surface area contributed by atoms with E-state index < -0.39 is 0 Å². The van der Waals surface area contributed by atoms with Gasteiger partial charge < -0.3 is 4.90 Å². The van der Waals surface area contributed by atoms with E-state index in [1.165, 1.54) is 12.8 Å². The first kappa shape index (κ1) is 14.3. The number of carbonyl (C=O) groups excluding carboxylic acids is 1. The van der Waals surface area contributed by atoms with Crippen molar-refractivity contribution in [2.24, 2.45) is 0 Å². The van der Waals surface area contributed by atoms with Crippen molar-refractivity contribution in [3.63, 3.8) is 0 Å². The SMILES string of the molecule is O=C(c1ccccc1I)N1CCCCCC1CBr. The number of likely N-dealkylation sites (tertiary alicyclic amines) is 1. The molecule has 0 aromatic heterocycles. The van der Waals surface area contributed by atoms with Crippen molar-refractivity contribution in [2.45, 2.75) is 31.7 Å². The molecule has 1 atom stereocenters. The molecule has 1 unspecified atom stereocenters. The van der Waals surface area contributed by atoms with Crippen LogP contribution in [-0.2, 0) is 0 Å². The third kappa shape index (κ3) is 3.26. The van der Waals surface area contributed by atoms with E-state index in [0.717, 1.165) is 33.9 Å². The molecule has 1 aliphatic rings. The molecule has 1 saturated heterocycles. The highest BCUT2D eigenvalue weighted by molar-refractivity contribution is 14.1. The molecule has 4 heteroatoms. The van der Waals surface area contributed by atoms with E-state index in [4.69, 9.17) is 0 Å². The Morgan fingerprint density at radius 2 is 2.11 bits per heavy atom. The van der Waals surface area contributed by atoms with Crippen molar-refractivity contribution in [3.05, 3.63) is 33.4 Å². The minimum atomic E-state index is 0.186. The van der Waals surface area contributed by atoms with Crippen LogP contribution in [0.4, 0.5) is 0 Å². The summed E-state index contributed by atoms with van der Waals surface area (Å²) >= 11 is 5.79. The Balaban J connectivity index is 2.23. The second-order valence-electron chi connectivity index (χ2n) is 4.64. The zero-order chi connectivity index (χ0) is 13.0. The third-order valence-electron chi connectivity index (χ3n) is 3.42. The highest BCUT2D eigenvalue weighted by Crippen LogP contribution is 2.22. The van der Waals surface area contributed by atoms with Crippen molar-refractivity contribution >= 4 is 44.4 Å². The zero-order valence-electron chi connectivity index (χ0n) is 10.2. The van der Waals surface area contributed by atoms with Crippen LogP contribution in [0.15, 0.2) is 24.3 Å². The Morgan fingerprint density at radius 1 is 1.33 bits per heavy atom. The van der Waals surface area contributed by atoms with Crippen LogP contribution in [0.1, 0.15) is 36.0 Å². The Kier molecular flexibility index (Phi) is 5.48. The number of hydrogen-bond acceptors (Lipinski definition) is 1. The van der Waals surface area contributed by atoms with E-state index in [1.54, 1.807) is 0 Å². The van der Waals surface area contributed by atoms with Crippen molar-refractivity contribution < 1.29 is 4.79 Å². The van der Waals surface area contributed by atoms with Crippen LogP contribution in [-0.4, -0.2) is 28.7 Å². The van der Waals surface area contributed by atoms with Gasteiger partial charge in [0, 0.05) is 21.5 Å². The number of amides is 1. The summed E-state index contributed by atoms with van der Waals surface area (Å²) in [5.41, 5.74) is 0.839. The first-order valence-corrected chi connectivity index (χ1v) is 8.55. The molecule has 1 aromatic carbocycles. The lowest BCUT2D eigenvalue weighted by molar-refractivity contribution is 0.0701. The van der Waals surface area contributed by atoms with E-state index in [9.17, 15) is 4.79 Å². The molecule has 0 saturated carbocycles. The van der Waals surface area contributed by atoms with Crippen molar-refractivity contribution in [2.75, 3.05) is 11.9 Å². The predicted molar refractivity (Wildman–Crippen MR) is 86.2 cm³/mol. The molecule has 0 bridgehead atoms. The quantitative estimate of drug-likeness (QED) is 0.520. The Morgan fingerprint density at radius 3 is 2.83 bits per heavy atom. The van der Waals surface area contributed by atoms with Gasteiger partial charge in [-0.05, 0) is 47.6 Å². The minimum absolute atomic E-state index is 0.186. The summed E-state index contributed by atoms with van der Waals surface area (Å²) in [6.45, 7) is 0.889. The third-order valence-corrected chi connectivity index (χ3v) is 5.11. The van der Waals surface area contributed by atoms with Gasteiger partial charge in [0.25, 0.3) is 5.91 Å². The fourth-order valence-corrected chi connectivity index (χ4v) is 3.69. The first-order valence-electron chi connectivity index (χ1n) is 6.35. The van der Waals surface area contributed by atoms with Crippen LogP contribution in [0.2, 0.25) is 0 Å². The first-order chi connectivity index (χ1) is 8.74. The highest BCUT2D eigenvalue weighted by atomic mass is 127. The van der Waals surface area contributed by atoms with Gasteiger partial charge in [-0.1, -0.05) is 40.9 Å². The van der Waals surface area contributed by atoms with Gasteiger partial charge in [-0.3, -0.25) is 4.79 Å². The van der Waals surface area contributed by atoms with Crippen LogP contribution < -0.4 is 0 Å². The summed E-state index contributed by atoms with van der Waals surface area (Å²) in [5.74, 6) is 0.186. The maximum absolute atomic E-state index is 12.6. The smallest absolute Gasteiger partial charge is 0.255 e. The van der Waals surface area contributed by atoms with Gasteiger partial charge in [-0.2, -0.15) is 0 Å². The maximum atomic E-state index is 12.6. The summed E-state index contributed by atoms with van der Waals surface area (Å²) in [5, 5.41) is 0.877. The molecule has 98 valence electrons. The molecule has 0 aliphatic carbocycles. The van der Waals surface area contributed by atoms with Crippen LogP contribution in [0.25, 0.3) is 0 Å². The molecule has 2 rings (SSSR count). The number of nitrogens with zero attached hydrogens (tertiary/aromatic N) is 1. The molecule has 1 aliphatic heterocycles. The van der Waals surface area contributed by atoms with E-state index in [1.807, 2.05) is 24.3 Å². The lowest BCUT2D eigenvalue weighted by Crippen LogP contribution is -2.41. The molecule has 0 radical (unpaired) electrons. The zero-order valence-corrected chi connectivity index (χ0v) is 14.0. The van der Waals surface area contributed by atoms with Gasteiger partial charge in [-0.15, -0.1) is 0 Å². The molecule has 0 spiro atoms. The number of carbonyl (C=O) groups is 1. The molecule has 18 heavy (non-hydrogen) atoms. The molecule has 1 fully saturated rings. The Bertz CT molecular complexity index is 424. The molecule has 1 aromatic rings.